The van der Waals surface area contributed by atoms with Gasteiger partial charge in [0.1, 0.15) is 12.4 Å². The Bertz CT molecular complexity index is 1170. The number of hydrogen-bond acceptors (Lipinski definition) is 5. The van der Waals surface area contributed by atoms with Gasteiger partial charge in [0.15, 0.2) is 0 Å². The zero-order valence-corrected chi connectivity index (χ0v) is 16.7. The molecule has 154 valence electrons. The molecule has 1 aliphatic rings. The maximum Gasteiger partial charge on any atom is 0.261 e. The monoisotopic (exact) mass is 413 g/mol. The predicted molar refractivity (Wildman–Crippen MR) is 116 cm³/mol. The molecule has 0 saturated heterocycles. The first-order chi connectivity index (χ1) is 15.0. The highest BCUT2D eigenvalue weighted by molar-refractivity contribution is 6.21. The third-order valence-electron chi connectivity index (χ3n) is 4.78. The van der Waals surface area contributed by atoms with Crippen molar-refractivity contribution in [1.82, 2.24) is 9.88 Å². The first-order valence-corrected chi connectivity index (χ1v) is 9.59. The summed E-state index contributed by atoms with van der Waals surface area (Å²) in [5.41, 5.74) is 2.74. The summed E-state index contributed by atoms with van der Waals surface area (Å²) in [4.78, 5) is 41.5. The van der Waals surface area contributed by atoms with E-state index in [9.17, 15) is 14.4 Å². The molecule has 0 saturated carbocycles. The molecule has 0 unspecified atom stereocenters. The molecule has 2 aromatic carbocycles. The Kier molecular flexibility index (Phi) is 5.57. The first kappa shape index (κ1) is 20.0. The van der Waals surface area contributed by atoms with Crippen molar-refractivity contribution in [3.63, 3.8) is 0 Å². The van der Waals surface area contributed by atoms with Gasteiger partial charge in [-0.25, -0.2) is 0 Å². The van der Waals surface area contributed by atoms with Crippen molar-refractivity contribution < 1.29 is 19.1 Å². The number of rotatable bonds is 6. The lowest BCUT2D eigenvalue weighted by molar-refractivity contribution is -0.111. The second kappa shape index (κ2) is 8.62. The SMILES string of the molecule is CN1C(=O)c2ccc(NC(=O)/C=C/c3ccc(OCc4ccccn4)cc3)cc2C1=O. The van der Waals surface area contributed by atoms with Crippen LogP contribution in [-0.4, -0.2) is 34.7 Å². The largest absolute Gasteiger partial charge is 0.487 e. The molecule has 0 fully saturated rings. The minimum atomic E-state index is -0.378. The van der Waals surface area contributed by atoms with Gasteiger partial charge in [-0.05, 0) is 54.1 Å². The summed E-state index contributed by atoms with van der Waals surface area (Å²) in [5, 5.41) is 2.70. The van der Waals surface area contributed by atoms with Gasteiger partial charge in [0, 0.05) is 25.0 Å². The van der Waals surface area contributed by atoms with Gasteiger partial charge >= 0.3 is 0 Å². The summed E-state index contributed by atoms with van der Waals surface area (Å²) >= 11 is 0. The molecule has 0 radical (unpaired) electrons. The van der Waals surface area contributed by atoms with Crippen LogP contribution in [0.4, 0.5) is 5.69 Å². The third kappa shape index (κ3) is 4.51. The molecule has 1 aromatic heterocycles. The fraction of sp³-hybridized carbons (Fsp3) is 0.0833. The summed E-state index contributed by atoms with van der Waals surface area (Å²) in [7, 11) is 1.43. The molecular formula is C24H19N3O4. The second-order valence-corrected chi connectivity index (χ2v) is 6.93. The minimum Gasteiger partial charge on any atom is -0.487 e. The van der Waals surface area contributed by atoms with Gasteiger partial charge in [-0.15, -0.1) is 0 Å². The number of nitrogens with zero attached hydrogens (tertiary/aromatic N) is 2. The number of pyridine rings is 1. The van der Waals surface area contributed by atoms with Crippen LogP contribution in [0.2, 0.25) is 0 Å². The van der Waals surface area contributed by atoms with Crippen molar-refractivity contribution in [2.75, 3.05) is 12.4 Å². The smallest absolute Gasteiger partial charge is 0.261 e. The molecule has 1 aliphatic heterocycles. The number of hydrogen-bond donors (Lipinski definition) is 1. The Hall–Kier alpha value is -4.26. The van der Waals surface area contributed by atoms with E-state index in [-0.39, 0.29) is 23.3 Å². The van der Waals surface area contributed by atoms with Gasteiger partial charge in [0.25, 0.3) is 11.8 Å². The quantitative estimate of drug-likeness (QED) is 0.493. The molecule has 0 aliphatic carbocycles. The number of fused-ring (bicyclic) bond motifs is 1. The van der Waals surface area contributed by atoms with E-state index in [1.54, 1.807) is 24.4 Å². The van der Waals surface area contributed by atoms with E-state index in [4.69, 9.17) is 4.74 Å². The van der Waals surface area contributed by atoms with Crippen LogP contribution in [0.5, 0.6) is 5.75 Å². The maximum absolute atomic E-state index is 12.2. The molecule has 1 N–H and O–H groups in total. The van der Waals surface area contributed by atoms with Crippen LogP contribution < -0.4 is 10.1 Å². The molecular weight excluding hydrogens is 394 g/mol. The fourth-order valence-corrected chi connectivity index (χ4v) is 3.11. The second-order valence-electron chi connectivity index (χ2n) is 6.93. The topological polar surface area (TPSA) is 88.6 Å². The van der Waals surface area contributed by atoms with Crippen LogP contribution in [0.25, 0.3) is 6.08 Å². The summed E-state index contributed by atoms with van der Waals surface area (Å²) in [6.07, 6.45) is 4.79. The van der Waals surface area contributed by atoms with Crippen LogP contribution in [0.3, 0.4) is 0 Å². The lowest BCUT2D eigenvalue weighted by Crippen LogP contribution is -2.24. The van der Waals surface area contributed by atoms with Gasteiger partial charge in [-0.3, -0.25) is 24.3 Å². The van der Waals surface area contributed by atoms with Gasteiger partial charge in [-0.1, -0.05) is 18.2 Å². The van der Waals surface area contributed by atoms with Crippen LogP contribution in [0.15, 0.2) is 72.9 Å². The lowest BCUT2D eigenvalue weighted by atomic mass is 10.1. The van der Waals surface area contributed by atoms with Gasteiger partial charge in [-0.2, -0.15) is 0 Å². The molecule has 3 aromatic rings. The fourth-order valence-electron chi connectivity index (χ4n) is 3.11. The normalized spacial score (nSPS) is 12.9. The highest BCUT2D eigenvalue weighted by atomic mass is 16.5. The molecule has 0 bridgehead atoms. The van der Waals surface area contributed by atoms with Crippen LogP contribution >= 0.6 is 0 Å². The number of carbonyl (C=O) groups is 3. The first-order valence-electron chi connectivity index (χ1n) is 9.59. The van der Waals surface area contributed by atoms with Gasteiger partial charge < -0.3 is 10.1 Å². The van der Waals surface area contributed by atoms with Crippen LogP contribution in [0, 0.1) is 0 Å². The lowest BCUT2D eigenvalue weighted by Gasteiger charge is -2.06. The van der Waals surface area contributed by atoms with E-state index >= 15 is 0 Å². The molecule has 7 heteroatoms. The standard InChI is InChI=1S/C24H19N3O4/c1-27-23(29)20-11-8-17(14-21(20)24(27)30)26-22(28)12-7-16-5-9-19(10-6-16)31-15-18-4-2-3-13-25-18/h2-14H,15H2,1H3,(H,26,28)/b12-7+. The number of benzene rings is 2. The van der Waals surface area contributed by atoms with Crippen molar-refractivity contribution in [3.05, 3.63) is 95.3 Å². The summed E-state index contributed by atoms with van der Waals surface area (Å²) in [6.45, 7) is 0.378. The summed E-state index contributed by atoms with van der Waals surface area (Å²) in [5.74, 6) is -0.364. The highest BCUT2D eigenvalue weighted by Crippen LogP contribution is 2.24. The molecule has 3 amide bonds. The maximum atomic E-state index is 12.2. The highest BCUT2D eigenvalue weighted by Gasteiger charge is 2.32. The molecule has 4 rings (SSSR count). The van der Waals surface area contributed by atoms with Gasteiger partial charge in [0.2, 0.25) is 5.91 Å². The van der Waals surface area contributed by atoms with E-state index in [2.05, 4.69) is 10.3 Å². The molecule has 0 spiro atoms. The Balaban J connectivity index is 1.34. The molecule has 2 heterocycles. The number of aromatic nitrogens is 1. The number of anilines is 1. The Morgan fingerprint density at radius 2 is 1.81 bits per heavy atom. The Labute approximate surface area is 179 Å². The van der Waals surface area contributed by atoms with Crippen molar-refractivity contribution in [2.45, 2.75) is 6.61 Å². The number of ether oxygens (including phenoxy) is 1. The molecule has 7 nitrogen and oxygen atoms in total. The Morgan fingerprint density at radius 1 is 1.03 bits per heavy atom. The van der Waals surface area contributed by atoms with E-state index in [1.807, 2.05) is 42.5 Å². The number of amides is 3. The number of nitrogens with one attached hydrogen (secondary N) is 1. The average Bonchev–Trinajstić information content (AvgIpc) is 3.01. The Morgan fingerprint density at radius 3 is 2.55 bits per heavy atom. The van der Waals surface area contributed by atoms with Crippen molar-refractivity contribution in [3.8, 4) is 5.75 Å². The average molecular weight is 413 g/mol. The number of imide groups is 1. The zero-order valence-electron chi connectivity index (χ0n) is 16.7. The van der Waals surface area contributed by atoms with E-state index in [0.717, 1.165) is 16.2 Å². The van der Waals surface area contributed by atoms with E-state index in [0.29, 0.717) is 23.6 Å². The van der Waals surface area contributed by atoms with Crippen molar-refractivity contribution >= 4 is 29.5 Å². The summed E-state index contributed by atoms with van der Waals surface area (Å²) in [6, 6.07) is 17.6. The summed E-state index contributed by atoms with van der Waals surface area (Å²) < 4.78 is 5.69. The van der Waals surface area contributed by atoms with Crippen molar-refractivity contribution in [2.24, 2.45) is 0 Å². The minimum absolute atomic E-state index is 0.288. The molecule has 31 heavy (non-hydrogen) atoms. The van der Waals surface area contributed by atoms with Crippen molar-refractivity contribution in [1.29, 1.82) is 0 Å². The van der Waals surface area contributed by atoms with Gasteiger partial charge in [0.05, 0.1) is 16.8 Å². The van der Waals surface area contributed by atoms with E-state index < -0.39 is 0 Å². The van der Waals surface area contributed by atoms with E-state index in [1.165, 1.54) is 19.2 Å². The third-order valence-corrected chi connectivity index (χ3v) is 4.78. The predicted octanol–water partition coefficient (Wildman–Crippen LogP) is 3.54. The zero-order chi connectivity index (χ0) is 21.8. The number of carbonyl (C=O) groups excluding carboxylic acids is 3. The molecule has 0 atom stereocenters. The van der Waals surface area contributed by atoms with Crippen LogP contribution in [0.1, 0.15) is 32.0 Å². The van der Waals surface area contributed by atoms with Crippen LogP contribution in [-0.2, 0) is 11.4 Å².